The summed E-state index contributed by atoms with van der Waals surface area (Å²) in [5, 5.41) is 3.10. The summed E-state index contributed by atoms with van der Waals surface area (Å²) in [6.07, 6.45) is 9.24. The van der Waals surface area contributed by atoms with Gasteiger partial charge in [0.25, 0.3) is 5.56 Å². The van der Waals surface area contributed by atoms with E-state index in [1.54, 1.807) is 17.7 Å². The highest BCUT2D eigenvalue weighted by atomic mass is 19.1. The zero-order chi connectivity index (χ0) is 20.4. The Balaban J connectivity index is 1.41. The van der Waals surface area contributed by atoms with Gasteiger partial charge >= 0.3 is 0 Å². The van der Waals surface area contributed by atoms with Gasteiger partial charge in [0.05, 0.1) is 11.8 Å². The highest BCUT2D eigenvalue weighted by molar-refractivity contribution is 5.76. The lowest BCUT2D eigenvalue weighted by Crippen LogP contribution is -2.39. The maximum atomic E-state index is 13.9. The Morgan fingerprint density at radius 1 is 1.28 bits per heavy atom. The molecule has 0 spiro atoms. The summed E-state index contributed by atoms with van der Waals surface area (Å²) in [5.74, 6) is -0.195. The molecule has 1 N–H and O–H groups in total. The maximum Gasteiger partial charge on any atom is 0.275 e. The number of hydrogen-bond donors (Lipinski definition) is 1. The Kier molecular flexibility index (Phi) is 5.85. The minimum absolute atomic E-state index is 0.0123. The molecule has 0 saturated heterocycles. The van der Waals surface area contributed by atoms with Crippen LogP contribution in [0, 0.1) is 0 Å². The second-order valence-corrected chi connectivity index (χ2v) is 8.02. The second kappa shape index (κ2) is 8.53. The predicted octanol–water partition coefficient (Wildman–Crippen LogP) is 3.21. The number of methoxy groups -OCH3 is 1. The van der Waals surface area contributed by atoms with E-state index < -0.39 is 0 Å². The Morgan fingerprint density at radius 2 is 2.07 bits per heavy atom. The van der Waals surface area contributed by atoms with Crippen molar-refractivity contribution in [3.63, 3.8) is 0 Å². The van der Waals surface area contributed by atoms with Crippen molar-refractivity contribution in [1.29, 1.82) is 0 Å². The van der Waals surface area contributed by atoms with Gasteiger partial charge in [0.2, 0.25) is 5.91 Å². The van der Waals surface area contributed by atoms with Gasteiger partial charge in [-0.05, 0) is 56.7 Å². The number of carbonyl (C=O) groups excluding carboxylic acids is 1. The van der Waals surface area contributed by atoms with Gasteiger partial charge in [-0.3, -0.25) is 9.59 Å². The molecule has 0 aliphatic heterocycles. The number of halogens is 1. The van der Waals surface area contributed by atoms with Crippen molar-refractivity contribution in [2.24, 2.45) is 0 Å². The zero-order valence-corrected chi connectivity index (χ0v) is 16.8. The van der Waals surface area contributed by atoms with Crippen LogP contribution in [-0.2, 0) is 22.5 Å². The van der Waals surface area contributed by atoms with E-state index in [4.69, 9.17) is 4.74 Å². The van der Waals surface area contributed by atoms with Gasteiger partial charge in [-0.25, -0.2) is 4.39 Å². The predicted molar refractivity (Wildman–Crippen MR) is 109 cm³/mol. The third kappa shape index (κ3) is 4.15. The van der Waals surface area contributed by atoms with E-state index in [0.717, 1.165) is 31.4 Å². The molecular formula is C22H28FN3O3. The number of amides is 1. The largest absolute Gasteiger partial charge is 0.381 e. The molecule has 2 aliphatic rings. The van der Waals surface area contributed by atoms with Gasteiger partial charge < -0.3 is 19.0 Å². The van der Waals surface area contributed by atoms with Crippen molar-refractivity contribution >= 4 is 17.5 Å². The molecule has 4 rings (SSSR count). The number of allylic oxidation sites excluding steroid dienone is 1. The summed E-state index contributed by atoms with van der Waals surface area (Å²) < 4.78 is 22.8. The van der Waals surface area contributed by atoms with Gasteiger partial charge in [0.1, 0.15) is 11.3 Å². The van der Waals surface area contributed by atoms with Crippen molar-refractivity contribution in [3.05, 3.63) is 45.9 Å². The zero-order valence-electron chi connectivity index (χ0n) is 16.8. The SMILES string of the molecule is COC1CCC(NC(=O)CCCn2c3c(n4cccc4c2=O)CCC(F)=C3)CC1. The fourth-order valence-corrected chi connectivity index (χ4v) is 4.55. The summed E-state index contributed by atoms with van der Waals surface area (Å²) in [6, 6.07) is 3.83. The average Bonchev–Trinajstić information content (AvgIpc) is 3.21. The van der Waals surface area contributed by atoms with Crippen molar-refractivity contribution in [2.75, 3.05) is 7.11 Å². The smallest absolute Gasteiger partial charge is 0.275 e. The van der Waals surface area contributed by atoms with Gasteiger partial charge in [-0.2, -0.15) is 0 Å². The van der Waals surface area contributed by atoms with Crippen LogP contribution in [0.25, 0.3) is 11.6 Å². The van der Waals surface area contributed by atoms with E-state index >= 15 is 0 Å². The van der Waals surface area contributed by atoms with E-state index in [1.165, 1.54) is 6.08 Å². The number of ether oxygens (including phenoxy) is 1. The van der Waals surface area contributed by atoms with Crippen LogP contribution < -0.4 is 10.9 Å². The molecule has 2 aromatic heterocycles. The minimum atomic E-state index is -0.207. The molecule has 0 aromatic carbocycles. The lowest BCUT2D eigenvalue weighted by Gasteiger charge is -2.28. The van der Waals surface area contributed by atoms with E-state index in [0.29, 0.717) is 49.5 Å². The van der Waals surface area contributed by atoms with Crippen molar-refractivity contribution in [1.82, 2.24) is 14.3 Å². The molecule has 2 aliphatic carbocycles. The molecule has 1 fully saturated rings. The molecule has 0 atom stereocenters. The summed E-state index contributed by atoms with van der Waals surface area (Å²) >= 11 is 0. The number of nitrogens with one attached hydrogen (secondary N) is 1. The van der Waals surface area contributed by atoms with Crippen LogP contribution in [0.15, 0.2) is 29.0 Å². The highest BCUT2D eigenvalue weighted by Crippen LogP contribution is 2.25. The quantitative estimate of drug-likeness (QED) is 0.808. The molecule has 156 valence electrons. The lowest BCUT2D eigenvalue weighted by molar-refractivity contribution is -0.122. The Morgan fingerprint density at radius 3 is 2.83 bits per heavy atom. The summed E-state index contributed by atoms with van der Waals surface area (Å²) in [4.78, 5) is 25.2. The average molecular weight is 401 g/mol. The number of carbonyl (C=O) groups is 1. The van der Waals surface area contributed by atoms with Crippen molar-refractivity contribution < 1.29 is 13.9 Å². The molecule has 0 radical (unpaired) electrons. The fourth-order valence-electron chi connectivity index (χ4n) is 4.55. The molecule has 1 saturated carbocycles. The van der Waals surface area contributed by atoms with Crippen LogP contribution in [0.2, 0.25) is 0 Å². The molecule has 2 aromatic rings. The molecule has 1 amide bonds. The van der Waals surface area contributed by atoms with Crippen molar-refractivity contribution in [2.45, 2.75) is 70.1 Å². The Bertz CT molecular complexity index is 983. The van der Waals surface area contributed by atoms with Crippen LogP contribution in [-0.4, -0.2) is 34.1 Å². The molecule has 0 bridgehead atoms. The first kappa shape index (κ1) is 19.9. The molecule has 6 nitrogen and oxygen atoms in total. The first-order chi connectivity index (χ1) is 14.1. The second-order valence-electron chi connectivity index (χ2n) is 8.02. The maximum absolute atomic E-state index is 13.9. The van der Waals surface area contributed by atoms with Crippen molar-refractivity contribution in [3.8, 4) is 0 Å². The third-order valence-corrected chi connectivity index (χ3v) is 6.14. The van der Waals surface area contributed by atoms with Crippen LogP contribution in [0.3, 0.4) is 0 Å². The monoisotopic (exact) mass is 401 g/mol. The van der Waals surface area contributed by atoms with Crippen LogP contribution in [0.1, 0.15) is 56.3 Å². The summed E-state index contributed by atoms with van der Waals surface area (Å²) in [5.41, 5.74) is 2.03. The Hall–Kier alpha value is -2.41. The molecule has 2 heterocycles. The van der Waals surface area contributed by atoms with E-state index in [2.05, 4.69) is 5.32 Å². The normalized spacial score (nSPS) is 21.7. The topological polar surface area (TPSA) is 64.7 Å². The fraction of sp³-hybridized carbons (Fsp3) is 0.545. The molecule has 7 heteroatoms. The Labute approximate surface area is 169 Å². The number of rotatable bonds is 6. The summed E-state index contributed by atoms with van der Waals surface area (Å²) in [7, 11) is 1.73. The minimum Gasteiger partial charge on any atom is -0.381 e. The van der Waals surface area contributed by atoms with Crippen LogP contribution in [0.5, 0.6) is 0 Å². The number of aromatic nitrogens is 2. The number of fused-ring (bicyclic) bond motifs is 3. The first-order valence-corrected chi connectivity index (χ1v) is 10.5. The number of hydrogen-bond acceptors (Lipinski definition) is 3. The van der Waals surface area contributed by atoms with Gasteiger partial charge in [0, 0.05) is 44.4 Å². The van der Waals surface area contributed by atoms with Gasteiger partial charge in [0.15, 0.2) is 0 Å². The van der Waals surface area contributed by atoms with Gasteiger partial charge in [-0.1, -0.05) is 0 Å². The highest BCUT2D eigenvalue weighted by Gasteiger charge is 2.22. The number of nitrogens with zero attached hydrogens (tertiary/aromatic N) is 2. The molecular weight excluding hydrogens is 373 g/mol. The standard InChI is InChI=1S/C22H28FN3O3/c1-29-17-9-7-16(8-10-17)24-21(27)5-3-13-26-20-14-15(23)6-11-18(20)25-12-2-4-19(25)22(26)28/h2,4,12,14,16-17H,3,5-11,13H2,1H3,(H,24,27). The van der Waals surface area contributed by atoms with E-state index in [-0.39, 0.29) is 23.3 Å². The van der Waals surface area contributed by atoms with Crippen LogP contribution >= 0.6 is 0 Å². The first-order valence-electron chi connectivity index (χ1n) is 10.5. The molecule has 29 heavy (non-hydrogen) atoms. The lowest BCUT2D eigenvalue weighted by atomic mass is 9.93. The van der Waals surface area contributed by atoms with Gasteiger partial charge in [-0.15, -0.1) is 0 Å². The third-order valence-electron chi connectivity index (χ3n) is 6.14. The van der Waals surface area contributed by atoms with E-state index in [9.17, 15) is 14.0 Å². The number of aryl methyl sites for hydroxylation is 1. The molecule has 0 unspecified atom stereocenters. The van der Waals surface area contributed by atoms with Crippen LogP contribution in [0.4, 0.5) is 4.39 Å². The summed E-state index contributed by atoms with van der Waals surface area (Å²) in [6.45, 7) is 0.399. The van der Waals surface area contributed by atoms with E-state index in [1.807, 2.05) is 16.7 Å².